The van der Waals surface area contributed by atoms with Crippen LogP contribution >= 0.6 is 34.2 Å². The fourth-order valence-corrected chi connectivity index (χ4v) is 2.44. The van der Waals surface area contributed by atoms with Crippen molar-refractivity contribution in [2.45, 2.75) is 0 Å². The van der Waals surface area contributed by atoms with Crippen LogP contribution in [0.3, 0.4) is 0 Å². The molecule has 0 unspecified atom stereocenters. The molecule has 0 saturated heterocycles. The van der Waals surface area contributed by atoms with E-state index >= 15 is 0 Å². The van der Waals surface area contributed by atoms with Crippen LogP contribution in [0.4, 0.5) is 5.69 Å². The van der Waals surface area contributed by atoms with Crippen LogP contribution in [0.5, 0.6) is 11.5 Å². The van der Waals surface area contributed by atoms with Gasteiger partial charge >= 0.3 is 0 Å². The van der Waals surface area contributed by atoms with Crippen LogP contribution in [0.15, 0.2) is 36.4 Å². The molecule has 2 rings (SSSR count). The standard InChI is InChI=1S/C13H9ClINO3/c14-8-6-7(15)4-5-9(8)16-13(19)12-10(17)2-1-3-11(12)18/h1-6,17-18H,(H,16,19). The third kappa shape index (κ3) is 3.10. The lowest BCUT2D eigenvalue weighted by Gasteiger charge is -2.09. The van der Waals surface area contributed by atoms with E-state index < -0.39 is 5.91 Å². The molecule has 1 amide bonds. The van der Waals surface area contributed by atoms with E-state index in [1.165, 1.54) is 18.2 Å². The van der Waals surface area contributed by atoms with Gasteiger partial charge in [0.05, 0.1) is 10.7 Å². The maximum atomic E-state index is 12.0. The molecule has 19 heavy (non-hydrogen) atoms. The van der Waals surface area contributed by atoms with Gasteiger partial charge in [0.2, 0.25) is 0 Å². The molecule has 98 valence electrons. The zero-order chi connectivity index (χ0) is 14.0. The predicted octanol–water partition coefficient (Wildman–Crippen LogP) is 3.61. The minimum atomic E-state index is -0.626. The Balaban J connectivity index is 2.31. The SMILES string of the molecule is O=C(Nc1ccc(I)cc1Cl)c1c(O)cccc1O. The third-order valence-electron chi connectivity index (χ3n) is 2.43. The van der Waals surface area contributed by atoms with Crippen LogP contribution in [0.25, 0.3) is 0 Å². The molecule has 0 atom stereocenters. The van der Waals surface area contributed by atoms with Gasteiger partial charge in [0.15, 0.2) is 0 Å². The molecule has 4 nitrogen and oxygen atoms in total. The van der Waals surface area contributed by atoms with Crippen molar-refractivity contribution in [3.63, 3.8) is 0 Å². The summed E-state index contributed by atoms with van der Waals surface area (Å²) in [5.74, 6) is -1.21. The number of amides is 1. The van der Waals surface area contributed by atoms with E-state index in [0.717, 1.165) is 3.57 Å². The number of anilines is 1. The van der Waals surface area contributed by atoms with E-state index in [2.05, 4.69) is 27.9 Å². The molecule has 0 saturated carbocycles. The average Bonchev–Trinajstić information content (AvgIpc) is 2.32. The number of nitrogens with one attached hydrogen (secondary N) is 1. The van der Waals surface area contributed by atoms with E-state index in [1.54, 1.807) is 18.2 Å². The Hall–Kier alpha value is -1.47. The lowest BCUT2D eigenvalue weighted by molar-refractivity contribution is 0.102. The summed E-state index contributed by atoms with van der Waals surface area (Å²) < 4.78 is 0.936. The van der Waals surface area contributed by atoms with Crippen molar-refractivity contribution in [1.29, 1.82) is 0 Å². The topological polar surface area (TPSA) is 69.6 Å². The summed E-state index contributed by atoms with van der Waals surface area (Å²) in [4.78, 5) is 12.0. The zero-order valence-electron chi connectivity index (χ0n) is 9.52. The monoisotopic (exact) mass is 389 g/mol. The molecule has 6 heteroatoms. The number of hydrogen-bond donors (Lipinski definition) is 3. The number of aromatic hydroxyl groups is 2. The Morgan fingerprint density at radius 3 is 2.37 bits per heavy atom. The first-order valence-electron chi connectivity index (χ1n) is 5.26. The molecule has 0 aliphatic heterocycles. The van der Waals surface area contributed by atoms with Gasteiger partial charge in [-0.05, 0) is 52.9 Å². The van der Waals surface area contributed by atoms with Crippen LogP contribution in [0.2, 0.25) is 5.02 Å². The van der Waals surface area contributed by atoms with Crippen molar-refractivity contribution in [2.24, 2.45) is 0 Å². The van der Waals surface area contributed by atoms with Crippen LogP contribution in [0.1, 0.15) is 10.4 Å². The first kappa shape index (κ1) is 14.0. The highest BCUT2D eigenvalue weighted by atomic mass is 127. The molecule has 0 fully saturated rings. The van der Waals surface area contributed by atoms with Gasteiger partial charge in [-0.1, -0.05) is 17.7 Å². The summed E-state index contributed by atoms with van der Waals surface area (Å²) in [7, 11) is 0. The van der Waals surface area contributed by atoms with Crippen molar-refractivity contribution in [3.05, 3.63) is 50.6 Å². The molecule has 0 spiro atoms. The van der Waals surface area contributed by atoms with Gasteiger partial charge in [0.25, 0.3) is 5.91 Å². The van der Waals surface area contributed by atoms with Crippen LogP contribution in [0, 0.1) is 3.57 Å². The van der Waals surface area contributed by atoms with Crippen molar-refractivity contribution in [2.75, 3.05) is 5.32 Å². The van der Waals surface area contributed by atoms with Gasteiger partial charge in [0.1, 0.15) is 17.1 Å². The molecular formula is C13H9ClINO3. The second kappa shape index (κ2) is 5.66. The molecule has 0 heterocycles. The van der Waals surface area contributed by atoms with Gasteiger partial charge in [-0.15, -0.1) is 0 Å². The van der Waals surface area contributed by atoms with E-state index in [4.69, 9.17) is 11.6 Å². The summed E-state index contributed by atoms with van der Waals surface area (Å²) in [6, 6.07) is 9.22. The normalized spacial score (nSPS) is 10.2. The zero-order valence-corrected chi connectivity index (χ0v) is 12.4. The van der Waals surface area contributed by atoms with Gasteiger partial charge in [0, 0.05) is 3.57 Å². The maximum Gasteiger partial charge on any atom is 0.263 e. The molecule has 0 aliphatic rings. The van der Waals surface area contributed by atoms with Gasteiger partial charge < -0.3 is 15.5 Å². The van der Waals surface area contributed by atoms with Gasteiger partial charge in [-0.25, -0.2) is 0 Å². The van der Waals surface area contributed by atoms with E-state index in [0.29, 0.717) is 10.7 Å². The van der Waals surface area contributed by atoms with Crippen molar-refractivity contribution in [3.8, 4) is 11.5 Å². The highest BCUT2D eigenvalue weighted by Gasteiger charge is 2.17. The van der Waals surface area contributed by atoms with Crippen LogP contribution in [-0.4, -0.2) is 16.1 Å². The van der Waals surface area contributed by atoms with Crippen molar-refractivity contribution in [1.82, 2.24) is 0 Å². The largest absolute Gasteiger partial charge is 0.507 e. The van der Waals surface area contributed by atoms with Crippen LogP contribution < -0.4 is 5.32 Å². The van der Waals surface area contributed by atoms with E-state index in [9.17, 15) is 15.0 Å². The smallest absolute Gasteiger partial charge is 0.263 e. The molecule has 0 radical (unpaired) electrons. The van der Waals surface area contributed by atoms with Crippen molar-refractivity contribution >= 4 is 45.8 Å². The summed E-state index contributed by atoms with van der Waals surface area (Å²) in [6.45, 7) is 0. The lowest BCUT2D eigenvalue weighted by Crippen LogP contribution is -2.12. The van der Waals surface area contributed by atoms with Gasteiger partial charge in [-0.3, -0.25) is 4.79 Å². The van der Waals surface area contributed by atoms with Crippen LogP contribution in [-0.2, 0) is 0 Å². The number of carbonyl (C=O) groups is 1. The molecule has 0 aliphatic carbocycles. The minimum Gasteiger partial charge on any atom is -0.507 e. The molecule has 2 aromatic rings. The Morgan fingerprint density at radius 2 is 1.79 bits per heavy atom. The first-order chi connectivity index (χ1) is 8.99. The summed E-state index contributed by atoms with van der Waals surface area (Å²) in [6.07, 6.45) is 0. The second-order valence-electron chi connectivity index (χ2n) is 3.75. The number of halogens is 2. The molecule has 2 aromatic carbocycles. The maximum absolute atomic E-state index is 12.0. The number of carbonyl (C=O) groups excluding carboxylic acids is 1. The van der Waals surface area contributed by atoms with E-state index in [-0.39, 0.29) is 17.1 Å². The minimum absolute atomic E-state index is 0.183. The molecule has 3 N–H and O–H groups in total. The molecule has 0 bridgehead atoms. The lowest BCUT2D eigenvalue weighted by atomic mass is 10.1. The number of phenols is 2. The first-order valence-corrected chi connectivity index (χ1v) is 6.72. The van der Waals surface area contributed by atoms with E-state index in [1.807, 2.05) is 0 Å². The Morgan fingerprint density at radius 1 is 1.16 bits per heavy atom. The Bertz CT molecular complexity index is 626. The average molecular weight is 390 g/mol. The summed E-state index contributed by atoms with van der Waals surface area (Å²) in [5, 5.41) is 22.1. The number of phenolic OH excluding ortho intramolecular Hbond substituents is 2. The highest BCUT2D eigenvalue weighted by Crippen LogP contribution is 2.29. The number of hydrogen-bond acceptors (Lipinski definition) is 3. The quantitative estimate of drug-likeness (QED) is 0.687. The fourth-order valence-electron chi connectivity index (χ4n) is 1.54. The Kier molecular flexibility index (Phi) is 4.16. The number of benzene rings is 2. The number of rotatable bonds is 2. The Labute approximate surface area is 128 Å². The summed E-state index contributed by atoms with van der Waals surface area (Å²) >= 11 is 8.10. The fraction of sp³-hybridized carbons (Fsp3) is 0. The second-order valence-corrected chi connectivity index (χ2v) is 5.40. The van der Waals surface area contributed by atoms with Crippen molar-refractivity contribution < 1.29 is 15.0 Å². The highest BCUT2D eigenvalue weighted by molar-refractivity contribution is 14.1. The summed E-state index contributed by atoms with van der Waals surface area (Å²) in [5.41, 5.74) is 0.229. The molecular weight excluding hydrogens is 381 g/mol. The third-order valence-corrected chi connectivity index (χ3v) is 3.41. The predicted molar refractivity (Wildman–Crippen MR) is 81.9 cm³/mol. The van der Waals surface area contributed by atoms with Gasteiger partial charge in [-0.2, -0.15) is 0 Å². The molecule has 0 aromatic heterocycles.